The van der Waals surface area contributed by atoms with E-state index in [0.29, 0.717) is 26.4 Å². The summed E-state index contributed by atoms with van der Waals surface area (Å²) in [6, 6.07) is 9.34. The van der Waals surface area contributed by atoms with Gasteiger partial charge in [-0.1, -0.05) is 30.3 Å². The van der Waals surface area contributed by atoms with E-state index < -0.39 is 23.5 Å². The summed E-state index contributed by atoms with van der Waals surface area (Å²) in [7, 11) is 1.58. The summed E-state index contributed by atoms with van der Waals surface area (Å²) >= 11 is 0. The number of benzene rings is 1. The predicted octanol–water partition coefficient (Wildman–Crippen LogP) is 2.64. The van der Waals surface area contributed by atoms with Crippen LogP contribution in [0.4, 0.5) is 0 Å². The van der Waals surface area contributed by atoms with Crippen molar-refractivity contribution in [3.63, 3.8) is 0 Å². The van der Waals surface area contributed by atoms with Gasteiger partial charge in [-0.25, -0.2) is 0 Å². The lowest BCUT2D eigenvalue weighted by molar-refractivity contribution is -0.158. The molecule has 1 aromatic carbocycles. The number of carbonyl (C=O) groups excluding carboxylic acids is 3. The zero-order valence-corrected chi connectivity index (χ0v) is 19.0. The Kier molecular flexibility index (Phi) is 12.5. The van der Waals surface area contributed by atoms with Crippen LogP contribution in [0.15, 0.2) is 30.3 Å². The van der Waals surface area contributed by atoms with Gasteiger partial charge in [0.1, 0.15) is 12.2 Å². The van der Waals surface area contributed by atoms with Crippen LogP contribution in [0.3, 0.4) is 0 Å². The molecule has 1 rings (SSSR count). The predicted molar refractivity (Wildman–Crippen MR) is 115 cm³/mol. The molecule has 31 heavy (non-hydrogen) atoms. The Morgan fingerprint density at radius 3 is 2.35 bits per heavy atom. The maximum Gasteiger partial charge on any atom is 0.307 e. The van der Waals surface area contributed by atoms with Crippen LogP contribution >= 0.6 is 0 Å². The Balaban J connectivity index is 2.52. The molecule has 0 aliphatic rings. The third kappa shape index (κ3) is 13.5. The molecule has 0 bridgehead atoms. The van der Waals surface area contributed by atoms with Crippen LogP contribution in [0.1, 0.15) is 45.6 Å². The molecular weight excluding hydrogens is 402 g/mol. The van der Waals surface area contributed by atoms with Crippen molar-refractivity contribution in [2.75, 3.05) is 33.5 Å². The SMILES string of the molecule is COCCOCCNC(=O)[C@H](CCC(=O)OCc1ccccc1)CC(=O)OC(C)(C)C. The molecule has 0 saturated heterocycles. The first-order valence-electron chi connectivity index (χ1n) is 10.5. The quantitative estimate of drug-likeness (QED) is 0.353. The topological polar surface area (TPSA) is 100 Å². The van der Waals surface area contributed by atoms with Crippen molar-refractivity contribution in [1.29, 1.82) is 0 Å². The molecule has 0 fully saturated rings. The van der Waals surface area contributed by atoms with E-state index in [2.05, 4.69) is 5.32 Å². The fourth-order valence-corrected chi connectivity index (χ4v) is 2.65. The molecule has 0 radical (unpaired) electrons. The third-order valence-electron chi connectivity index (χ3n) is 4.12. The molecule has 0 aromatic heterocycles. The minimum Gasteiger partial charge on any atom is -0.461 e. The molecular formula is C23H35NO7. The van der Waals surface area contributed by atoms with Crippen LogP contribution in [-0.2, 0) is 39.9 Å². The summed E-state index contributed by atoms with van der Waals surface area (Å²) in [4.78, 5) is 36.9. The van der Waals surface area contributed by atoms with Crippen molar-refractivity contribution in [2.24, 2.45) is 5.92 Å². The number of ether oxygens (including phenoxy) is 4. The van der Waals surface area contributed by atoms with Gasteiger partial charge in [-0.05, 0) is 32.8 Å². The van der Waals surface area contributed by atoms with Crippen LogP contribution in [-0.4, -0.2) is 56.9 Å². The molecule has 1 atom stereocenters. The lowest BCUT2D eigenvalue weighted by atomic mass is 9.98. The molecule has 1 aromatic rings. The third-order valence-corrected chi connectivity index (χ3v) is 4.12. The summed E-state index contributed by atoms with van der Waals surface area (Å²) < 4.78 is 20.8. The van der Waals surface area contributed by atoms with Crippen LogP contribution in [0.2, 0.25) is 0 Å². The van der Waals surface area contributed by atoms with Gasteiger partial charge in [-0.2, -0.15) is 0 Å². The Morgan fingerprint density at radius 1 is 1.00 bits per heavy atom. The molecule has 174 valence electrons. The summed E-state index contributed by atoms with van der Waals surface area (Å²) in [5.74, 6) is -1.93. The van der Waals surface area contributed by atoms with Crippen molar-refractivity contribution in [1.82, 2.24) is 5.32 Å². The lowest BCUT2D eigenvalue weighted by Crippen LogP contribution is -2.36. The van der Waals surface area contributed by atoms with Gasteiger partial charge in [0.05, 0.1) is 26.2 Å². The second-order valence-corrected chi connectivity index (χ2v) is 8.07. The summed E-state index contributed by atoms with van der Waals surface area (Å²) in [6.07, 6.45) is 0.0981. The zero-order valence-electron chi connectivity index (χ0n) is 19.0. The van der Waals surface area contributed by atoms with Gasteiger partial charge in [-0.15, -0.1) is 0 Å². The van der Waals surface area contributed by atoms with Crippen molar-refractivity contribution < 1.29 is 33.3 Å². The van der Waals surface area contributed by atoms with Gasteiger partial charge in [0, 0.05) is 26.0 Å². The minimum atomic E-state index is -0.696. The minimum absolute atomic E-state index is 0.0259. The highest BCUT2D eigenvalue weighted by atomic mass is 16.6. The van der Waals surface area contributed by atoms with Gasteiger partial charge in [0.25, 0.3) is 0 Å². The van der Waals surface area contributed by atoms with E-state index in [1.54, 1.807) is 27.9 Å². The fraction of sp³-hybridized carbons (Fsp3) is 0.609. The molecule has 0 aliphatic carbocycles. The van der Waals surface area contributed by atoms with E-state index in [-0.39, 0.29) is 31.8 Å². The molecule has 1 N–H and O–H groups in total. The van der Waals surface area contributed by atoms with E-state index in [1.807, 2.05) is 30.3 Å². The van der Waals surface area contributed by atoms with Gasteiger partial charge in [0.15, 0.2) is 0 Å². The zero-order chi connectivity index (χ0) is 23.1. The maximum absolute atomic E-state index is 12.6. The van der Waals surface area contributed by atoms with E-state index >= 15 is 0 Å². The molecule has 8 heteroatoms. The van der Waals surface area contributed by atoms with Gasteiger partial charge >= 0.3 is 11.9 Å². The highest BCUT2D eigenvalue weighted by Gasteiger charge is 2.26. The van der Waals surface area contributed by atoms with Crippen LogP contribution in [0.25, 0.3) is 0 Å². The van der Waals surface area contributed by atoms with E-state index in [0.717, 1.165) is 5.56 Å². The number of amides is 1. The molecule has 0 saturated carbocycles. The molecule has 0 unspecified atom stereocenters. The highest BCUT2D eigenvalue weighted by molar-refractivity contribution is 5.84. The van der Waals surface area contributed by atoms with E-state index in [9.17, 15) is 14.4 Å². The number of hydrogen-bond acceptors (Lipinski definition) is 7. The molecule has 0 aliphatic heterocycles. The molecule has 8 nitrogen and oxygen atoms in total. The number of carbonyl (C=O) groups is 3. The molecule has 1 amide bonds. The monoisotopic (exact) mass is 437 g/mol. The Labute approximate surface area is 184 Å². The highest BCUT2D eigenvalue weighted by Crippen LogP contribution is 2.17. The second-order valence-electron chi connectivity index (χ2n) is 8.07. The summed E-state index contributed by atoms with van der Waals surface area (Å²) in [5.41, 5.74) is 0.231. The number of nitrogens with one attached hydrogen (secondary N) is 1. The van der Waals surface area contributed by atoms with Gasteiger partial charge in [-0.3, -0.25) is 14.4 Å². The number of esters is 2. The summed E-state index contributed by atoms with van der Waals surface area (Å²) in [6.45, 7) is 6.98. The van der Waals surface area contributed by atoms with Gasteiger partial charge in [0.2, 0.25) is 5.91 Å². The smallest absolute Gasteiger partial charge is 0.307 e. The van der Waals surface area contributed by atoms with Crippen molar-refractivity contribution in [3.05, 3.63) is 35.9 Å². The van der Waals surface area contributed by atoms with Crippen LogP contribution < -0.4 is 5.32 Å². The largest absolute Gasteiger partial charge is 0.461 e. The Morgan fingerprint density at radius 2 is 1.71 bits per heavy atom. The normalized spacial score (nSPS) is 12.1. The second kappa shape index (κ2) is 14.5. The maximum atomic E-state index is 12.6. The first-order valence-corrected chi connectivity index (χ1v) is 10.5. The molecule has 0 heterocycles. The standard InChI is InChI=1S/C23H35NO7/c1-23(2,3)31-21(26)16-19(22(27)24-12-13-29-15-14-28-4)10-11-20(25)30-17-18-8-6-5-7-9-18/h5-9,19H,10-17H2,1-4H3,(H,24,27)/t19-/m1/s1. The van der Waals surface area contributed by atoms with Crippen LogP contribution in [0, 0.1) is 5.92 Å². The van der Waals surface area contributed by atoms with E-state index in [4.69, 9.17) is 18.9 Å². The lowest BCUT2D eigenvalue weighted by Gasteiger charge is -2.22. The van der Waals surface area contributed by atoms with Gasteiger partial charge < -0.3 is 24.3 Å². The average Bonchev–Trinajstić information content (AvgIpc) is 2.71. The summed E-state index contributed by atoms with van der Waals surface area (Å²) in [5, 5.41) is 2.74. The Hall–Kier alpha value is -2.45. The first-order chi connectivity index (χ1) is 14.7. The number of hydrogen-bond donors (Lipinski definition) is 1. The Bertz CT molecular complexity index is 670. The average molecular weight is 438 g/mol. The first kappa shape index (κ1) is 26.6. The van der Waals surface area contributed by atoms with Crippen LogP contribution in [0.5, 0.6) is 0 Å². The number of methoxy groups -OCH3 is 1. The van der Waals surface area contributed by atoms with E-state index in [1.165, 1.54) is 0 Å². The number of rotatable bonds is 14. The van der Waals surface area contributed by atoms with Crippen molar-refractivity contribution in [2.45, 2.75) is 52.2 Å². The molecule has 0 spiro atoms. The van der Waals surface area contributed by atoms with Crippen molar-refractivity contribution in [3.8, 4) is 0 Å². The van der Waals surface area contributed by atoms with Crippen molar-refractivity contribution >= 4 is 17.8 Å². The fourth-order valence-electron chi connectivity index (χ4n) is 2.65.